The fraction of sp³-hybridized carbons (Fsp3) is 0.765. The number of amides is 1. The van der Waals surface area contributed by atoms with E-state index >= 15 is 0 Å². The topological polar surface area (TPSA) is 59.4 Å². The summed E-state index contributed by atoms with van der Waals surface area (Å²) in [6.07, 6.45) is 8.46. The van der Waals surface area contributed by atoms with Crippen molar-refractivity contribution in [1.82, 2.24) is 19.8 Å². The summed E-state index contributed by atoms with van der Waals surface area (Å²) in [6.45, 7) is 8.61. The second kappa shape index (κ2) is 7.01. The Morgan fingerprint density at radius 2 is 2.30 bits per heavy atom. The summed E-state index contributed by atoms with van der Waals surface area (Å²) in [7, 11) is 0. The van der Waals surface area contributed by atoms with E-state index < -0.39 is 0 Å². The van der Waals surface area contributed by atoms with Crippen LogP contribution in [0.25, 0.3) is 0 Å². The average Bonchev–Trinajstić information content (AvgIpc) is 3.10. The molecular weight excluding hydrogens is 292 g/mol. The van der Waals surface area contributed by atoms with E-state index in [4.69, 9.17) is 4.74 Å². The first-order chi connectivity index (χ1) is 11.1. The Balaban J connectivity index is 1.41. The number of nitrogens with zero attached hydrogens (tertiary/aromatic N) is 3. The Morgan fingerprint density at radius 1 is 1.48 bits per heavy atom. The largest absolute Gasteiger partial charge is 0.375 e. The summed E-state index contributed by atoms with van der Waals surface area (Å²) in [5.74, 6) is 0.109. The molecular formula is C17H28N4O2. The van der Waals surface area contributed by atoms with E-state index in [9.17, 15) is 4.79 Å². The van der Waals surface area contributed by atoms with Crippen LogP contribution in [0.4, 0.5) is 0 Å². The van der Waals surface area contributed by atoms with Crippen molar-refractivity contribution in [1.29, 1.82) is 0 Å². The minimum atomic E-state index is 0.0231. The van der Waals surface area contributed by atoms with E-state index in [2.05, 4.69) is 33.6 Å². The average molecular weight is 320 g/mol. The first-order valence-electron chi connectivity index (χ1n) is 8.64. The minimum Gasteiger partial charge on any atom is -0.375 e. The summed E-state index contributed by atoms with van der Waals surface area (Å²) in [5.41, 5.74) is 0.230. The van der Waals surface area contributed by atoms with Crippen LogP contribution in [0.2, 0.25) is 0 Å². The molecule has 1 saturated carbocycles. The standard InChI is InChI=1S/C17H28N4O2/c1-14(2)21-7-8-23-15(10-21)9-16(22)19-11-17(3-4-17)12-20-6-5-18-13-20/h5-6,13-15H,3-4,7-12H2,1-2H3,(H,19,22)/t15-/m1/s1. The van der Waals surface area contributed by atoms with Gasteiger partial charge in [0, 0.05) is 50.0 Å². The minimum absolute atomic E-state index is 0.0231. The van der Waals surface area contributed by atoms with Gasteiger partial charge in [0.2, 0.25) is 5.91 Å². The lowest BCUT2D eigenvalue weighted by Crippen LogP contribution is -2.47. The number of rotatable bonds is 7. The number of hydrogen-bond donors (Lipinski definition) is 1. The molecule has 2 heterocycles. The van der Waals surface area contributed by atoms with Crippen LogP contribution in [-0.4, -0.2) is 58.7 Å². The van der Waals surface area contributed by atoms with Crippen molar-refractivity contribution in [3.63, 3.8) is 0 Å². The van der Waals surface area contributed by atoms with Crippen LogP contribution in [0, 0.1) is 5.41 Å². The Kier molecular flexibility index (Phi) is 5.02. The zero-order valence-corrected chi connectivity index (χ0v) is 14.2. The van der Waals surface area contributed by atoms with Gasteiger partial charge in [-0.25, -0.2) is 4.98 Å². The van der Waals surface area contributed by atoms with E-state index in [-0.39, 0.29) is 17.4 Å². The fourth-order valence-electron chi connectivity index (χ4n) is 3.23. The fourth-order valence-corrected chi connectivity index (χ4v) is 3.23. The molecule has 2 aliphatic rings. The second-order valence-electron chi connectivity index (χ2n) is 7.30. The van der Waals surface area contributed by atoms with Crippen molar-refractivity contribution in [2.75, 3.05) is 26.2 Å². The van der Waals surface area contributed by atoms with E-state index in [1.54, 1.807) is 6.20 Å². The van der Waals surface area contributed by atoms with Gasteiger partial charge < -0.3 is 14.6 Å². The maximum atomic E-state index is 12.2. The molecule has 3 rings (SSSR count). The van der Waals surface area contributed by atoms with E-state index in [0.717, 1.165) is 32.8 Å². The molecule has 0 aromatic carbocycles. The smallest absolute Gasteiger partial charge is 0.222 e. The molecule has 6 heteroatoms. The third kappa shape index (κ3) is 4.54. The molecule has 1 amide bonds. The highest BCUT2D eigenvalue weighted by atomic mass is 16.5. The number of ether oxygens (including phenoxy) is 1. The van der Waals surface area contributed by atoms with Crippen LogP contribution < -0.4 is 5.32 Å². The van der Waals surface area contributed by atoms with Gasteiger partial charge in [0.25, 0.3) is 0 Å². The summed E-state index contributed by atoms with van der Waals surface area (Å²) >= 11 is 0. The zero-order chi connectivity index (χ0) is 16.3. The van der Waals surface area contributed by atoms with E-state index in [0.29, 0.717) is 12.5 Å². The number of nitrogens with one attached hydrogen (secondary N) is 1. The molecule has 0 bridgehead atoms. The number of imidazole rings is 1. The highest BCUT2D eigenvalue weighted by Crippen LogP contribution is 2.46. The number of carbonyl (C=O) groups excluding carboxylic acids is 1. The van der Waals surface area contributed by atoms with Gasteiger partial charge >= 0.3 is 0 Å². The van der Waals surface area contributed by atoms with Gasteiger partial charge in [-0.3, -0.25) is 9.69 Å². The SMILES string of the molecule is CC(C)N1CCO[C@H](CC(=O)NCC2(Cn3ccnc3)CC2)C1. The van der Waals surface area contributed by atoms with Crippen LogP contribution in [-0.2, 0) is 16.1 Å². The van der Waals surface area contributed by atoms with Crippen molar-refractivity contribution in [3.8, 4) is 0 Å². The highest BCUT2D eigenvalue weighted by molar-refractivity contribution is 5.76. The quantitative estimate of drug-likeness (QED) is 0.822. The van der Waals surface area contributed by atoms with Gasteiger partial charge in [0.15, 0.2) is 0 Å². The van der Waals surface area contributed by atoms with Crippen LogP contribution >= 0.6 is 0 Å². The number of aromatic nitrogens is 2. The molecule has 1 N–H and O–H groups in total. The summed E-state index contributed by atoms with van der Waals surface area (Å²) in [6, 6.07) is 0.509. The van der Waals surface area contributed by atoms with Crippen molar-refractivity contribution in [2.45, 2.75) is 51.8 Å². The zero-order valence-electron chi connectivity index (χ0n) is 14.2. The molecule has 6 nitrogen and oxygen atoms in total. The Morgan fingerprint density at radius 3 is 2.96 bits per heavy atom. The summed E-state index contributed by atoms with van der Waals surface area (Å²) in [4.78, 5) is 18.7. The second-order valence-corrected chi connectivity index (χ2v) is 7.30. The predicted molar refractivity (Wildman–Crippen MR) is 88.0 cm³/mol. The van der Waals surface area contributed by atoms with E-state index in [1.807, 2.05) is 12.5 Å². The van der Waals surface area contributed by atoms with E-state index in [1.165, 1.54) is 12.8 Å². The van der Waals surface area contributed by atoms with Crippen molar-refractivity contribution in [2.24, 2.45) is 5.41 Å². The molecule has 1 atom stereocenters. The van der Waals surface area contributed by atoms with Gasteiger partial charge in [0.05, 0.1) is 25.5 Å². The molecule has 0 spiro atoms. The first kappa shape index (κ1) is 16.5. The van der Waals surface area contributed by atoms with Crippen molar-refractivity contribution >= 4 is 5.91 Å². The van der Waals surface area contributed by atoms with Gasteiger partial charge in [-0.1, -0.05) is 0 Å². The monoisotopic (exact) mass is 320 g/mol. The maximum absolute atomic E-state index is 12.2. The lowest BCUT2D eigenvalue weighted by atomic mass is 10.1. The molecule has 1 aromatic heterocycles. The molecule has 1 aromatic rings. The van der Waals surface area contributed by atoms with Crippen molar-refractivity contribution in [3.05, 3.63) is 18.7 Å². The van der Waals surface area contributed by atoms with Crippen LogP contribution in [0.5, 0.6) is 0 Å². The summed E-state index contributed by atoms with van der Waals surface area (Å²) in [5, 5.41) is 3.12. The maximum Gasteiger partial charge on any atom is 0.222 e. The molecule has 1 saturated heterocycles. The Hall–Kier alpha value is -1.40. The lowest BCUT2D eigenvalue weighted by Gasteiger charge is -2.35. The molecule has 2 fully saturated rings. The number of hydrogen-bond acceptors (Lipinski definition) is 4. The molecule has 23 heavy (non-hydrogen) atoms. The van der Waals surface area contributed by atoms with Crippen LogP contribution in [0.3, 0.4) is 0 Å². The number of morpholine rings is 1. The van der Waals surface area contributed by atoms with Crippen LogP contribution in [0.15, 0.2) is 18.7 Å². The molecule has 0 radical (unpaired) electrons. The summed E-state index contributed by atoms with van der Waals surface area (Å²) < 4.78 is 7.85. The van der Waals surface area contributed by atoms with Gasteiger partial charge in [-0.2, -0.15) is 0 Å². The third-order valence-electron chi connectivity index (χ3n) is 5.01. The predicted octanol–water partition coefficient (Wildman–Crippen LogP) is 1.28. The Bertz CT molecular complexity index is 511. The normalized spacial score (nSPS) is 23.9. The van der Waals surface area contributed by atoms with Gasteiger partial charge in [-0.15, -0.1) is 0 Å². The molecule has 0 unspecified atom stereocenters. The molecule has 128 valence electrons. The number of carbonyl (C=O) groups is 1. The molecule has 1 aliphatic carbocycles. The van der Waals surface area contributed by atoms with Crippen molar-refractivity contribution < 1.29 is 9.53 Å². The van der Waals surface area contributed by atoms with Gasteiger partial charge in [-0.05, 0) is 26.7 Å². The lowest BCUT2D eigenvalue weighted by molar-refractivity contribution is -0.126. The third-order valence-corrected chi connectivity index (χ3v) is 5.01. The Labute approximate surface area is 138 Å². The first-order valence-corrected chi connectivity index (χ1v) is 8.64. The van der Waals surface area contributed by atoms with Crippen LogP contribution in [0.1, 0.15) is 33.1 Å². The molecule has 1 aliphatic heterocycles. The van der Waals surface area contributed by atoms with Gasteiger partial charge in [0.1, 0.15) is 0 Å². The highest BCUT2D eigenvalue weighted by Gasteiger charge is 2.43.